The number of hydrogen-bond acceptors (Lipinski definition) is 4. The predicted octanol–water partition coefficient (Wildman–Crippen LogP) is 0.522. The lowest BCUT2D eigenvalue weighted by Crippen LogP contribution is -2.52. The highest BCUT2D eigenvalue weighted by Gasteiger charge is 2.38. The van der Waals surface area contributed by atoms with Gasteiger partial charge in [0.1, 0.15) is 0 Å². The van der Waals surface area contributed by atoms with Crippen LogP contribution in [0.2, 0.25) is 0 Å². The summed E-state index contributed by atoms with van der Waals surface area (Å²) in [5.74, 6) is 0. The number of aliphatic hydroxyl groups excluding tert-OH is 1. The standard InChI is InChI=1S/C12H18N2O2/c1-14(6-11-4-2-3-5-13-11)7-12(8-15)9-16-10-12/h2-5,15H,6-10H2,1H3. The highest BCUT2D eigenvalue weighted by molar-refractivity contribution is 5.03. The smallest absolute Gasteiger partial charge is 0.0579 e. The lowest BCUT2D eigenvalue weighted by Gasteiger charge is -2.42. The molecule has 0 amide bonds. The monoisotopic (exact) mass is 222 g/mol. The first kappa shape index (κ1) is 11.5. The van der Waals surface area contributed by atoms with Crippen molar-refractivity contribution in [2.24, 2.45) is 5.41 Å². The quantitative estimate of drug-likeness (QED) is 0.789. The molecule has 1 saturated heterocycles. The Morgan fingerprint density at radius 1 is 1.50 bits per heavy atom. The summed E-state index contributed by atoms with van der Waals surface area (Å²) in [6.45, 7) is 3.17. The van der Waals surface area contributed by atoms with Gasteiger partial charge in [0.25, 0.3) is 0 Å². The van der Waals surface area contributed by atoms with E-state index < -0.39 is 0 Å². The molecular weight excluding hydrogens is 204 g/mol. The van der Waals surface area contributed by atoms with Gasteiger partial charge in [-0.25, -0.2) is 0 Å². The Balaban J connectivity index is 1.87. The van der Waals surface area contributed by atoms with Gasteiger partial charge < -0.3 is 9.84 Å². The molecule has 0 unspecified atom stereocenters. The first-order valence-corrected chi connectivity index (χ1v) is 5.51. The van der Waals surface area contributed by atoms with E-state index in [9.17, 15) is 5.11 Å². The van der Waals surface area contributed by atoms with Gasteiger partial charge in [-0.05, 0) is 19.2 Å². The number of hydrogen-bond donors (Lipinski definition) is 1. The largest absolute Gasteiger partial charge is 0.396 e. The molecule has 0 spiro atoms. The van der Waals surface area contributed by atoms with Crippen LogP contribution in [0.4, 0.5) is 0 Å². The van der Waals surface area contributed by atoms with Crippen LogP contribution in [0.1, 0.15) is 5.69 Å². The summed E-state index contributed by atoms with van der Waals surface area (Å²) in [5, 5.41) is 9.33. The maximum atomic E-state index is 9.33. The molecule has 0 saturated carbocycles. The van der Waals surface area contributed by atoms with Crippen molar-refractivity contribution < 1.29 is 9.84 Å². The number of ether oxygens (including phenoxy) is 1. The molecule has 0 atom stereocenters. The number of aromatic nitrogens is 1. The average Bonchev–Trinajstić information content (AvgIpc) is 2.25. The van der Waals surface area contributed by atoms with Crippen LogP contribution in [0.15, 0.2) is 24.4 Å². The van der Waals surface area contributed by atoms with Gasteiger partial charge >= 0.3 is 0 Å². The van der Waals surface area contributed by atoms with Gasteiger partial charge in [0.2, 0.25) is 0 Å². The summed E-state index contributed by atoms with van der Waals surface area (Å²) in [6, 6.07) is 5.92. The summed E-state index contributed by atoms with van der Waals surface area (Å²) in [6.07, 6.45) is 1.80. The van der Waals surface area contributed by atoms with Gasteiger partial charge in [-0.2, -0.15) is 0 Å². The second kappa shape index (κ2) is 4.91. The minimum atomic E-state index is -0.0521. The maximum Gasteiger partial charge on any atom is 0.0579 e. The Kier molecular flexibility index (Phi) is 3.53. The fraction of sp³-hybridized carbons (Fsp3) is 0.583. The van der Waals surface area contributed by atoms with Crippen LogP contribution < -0.4 is 0 Å². The molecule has 88 valence electrons. The molecule has 2 heterocycles. The lowest BCUT2D eigenvalue weighted by molar-refractivity contribution is -0.147. The molecule has 1 fully saturated rings. The predicted molar refractivity (Wildman–Crippen MR) is 60.9 cm³/mol. The first-order valence-electron chi connectivity index (χ1n) is 5.51. The molecule has 16 heavy (non-hydrogen) atoms. The normalized spacial score (nSPS) is 18.4. The van der Waals surface area contributed by atoms with E-state index in [0.29, 0.717) is 13.2 Å². The molecule has 1 aromatic rings. The van der Waals surface area contributed by atoms with Crippen molar-refractivity contribution in [3.63, 3.8) is 0 Å². The zero-order valence-corrected chi connectivity index (χ0v) is 9.59. The third kappa shape index (κ3) is 2.58. The molecule has 1 aliphatic rings. The average molecular weight is 222 g/mol. The Labute approximate surface area is 95.9 Å². The number of nitrogens with zero attached hydrogens (tertiary/aromatic N) is 2. The molecule has 2 rings (SSSR count). The van der Waals surface area contributed by atoms with Crippen molar-refractivity contribution in [2.45, 2.75) is 6.54 Å². The zero-order chi connectivity index (χ0) is 11.4. The van der Waals surface area contributed by atoms with Crippen molar-refractivity contribution >= 4 is 0 Å². The fourth-order valence-corrected chi connectivity index (χ4v) is 2.02. The van der Waals surface area contributed by atoms with E-state index in [1.54, 1.807) is 6.20 Å². The van der Waals surface area contributed by atoms with E-state index >= 15 is 0 Å². The van der Waals surface area contributed by atoms with Crippen molar-refractivity contribution in [1.82, 2.24) is 9.88 Å². The van der Waals surface area contributed by atoms with Crippen LogP contribution in [0, 0.1) is 5.41 Å². The Morgan fingerprint density at radius 3 is 2.81 bits per heavy atom. The number of aliphatic hydroxyl groups is 1. The van der Waals surface area contributed by atoms with Crippen molar-refractivity contribution in [2.75, 3.05) is 33.4 Å². The van der Waals surface area contributed by atoms with Crippen LogP contribution >= 0.6 is 0 Å². The lowest BCUT2D eigenvalue weighted by atomic mass is 9.86. The minimum Gasteiger partial charge on any atom is -0.396 e. The third-order valence-corrected chi connectivity index (χ3v) is 2.92. The van der Waals surface area contributed by atoms with Crippen LogP contribution in [0.25, 0.3) is 0 Å². The molecule has 1 aliphatic heterocycles. The molecule has 0 aromatic carbocycles. The summed E-state index contributed by atoms with van der Waals surface area (Å²) < 4.78 is 5.18. The second-order valence-electron chi connectivity index (χ2n) is 4.64. The highest BCUT2D eigenvalue weighted by atomic mass is 16.5. The summed E-state index contributed by atoms with van der Waals surface area (Å²) >= 11 is 0. The molecular formula is C12H18N2O2. The van der Waals surface area contributed by atoms with Gasteiger partial charge in [0.15, 0.2) is 0 Å². The van der Waals surface area contributed by atoms with Crippen LogP contribution in [-0.4, -0.2) is 48.4 Å². The zero-order valence-electron chi connectivity index (χ0n) is 9.59. The van der Waals surface area contributed by atoms with Gasteiger partial charge in [0, 0.05) is 19.3 Å². The van der Waals surface area contributed by atoms with E-state index in [1.807, 2.05) is 25.2 Å². The summed E-state index contributed by atoms with van der Waals surface area (Å²) in [5.41, 5.74) is 1.00. The molecule has 1 N–H and O–H groups in total. The van der Waals surface area contributed by atoms with Gasteiger partial charge in [-0.3, -0.25) is 9.88 Å². The van der Waals surface area contributed by atoms with Gasteiger partial charge in [0.05, 0.1) is 30.9 Å². The van der Waals surface area contributed by atoms with Gasteiger partial charge in [-0.1, -0.05) is 6.07 Å². The van der Waals surface area contributed by atoms with E-state index in [-0.39, 0.29) is 12.0 Å². The first-order chi connectivity index (χ1) is 7.74. The summed E-state index contributed by atoms with van der Waals surface area (Å²) in [7, 11) is 2.05. The maximum absolute atomic E-state index is 9.33. The van der Waals surface area contributed by atoms with Crippen LogP contribution in [0.5, 0.6) is 0 Å². The van der Waals surface area contributed by atoms with Crippen molar-refractivity contribution in [3.8, 4) is 0 Å². The number of pyridine rings is 1. The van der Waals surface area contributed by atoms with E-state index in [0.717, 1.165) is 18.8 Å². The molecule has 1 aromatic heterocycles. The highest BCUT2D eigenvalue weighted by Crippen LogP contribution is 2.27. The molecule has 4 heteroatoms. The Morgan fingerprint density at radius 2 is 2.31 bits per heavy atom. The van der Waals surface area contributed by atoms with Crippen molar-refractivity contribution in [1.29, 1.82) is 0 Å². The third-order valence-electron chi connectivity index (χ3n) is 2.92. The molecule has 4 nitrogen and oxygen atoms in total. The molecule has 0 bridgehead atoms. The molecule has 0 aliphatic carbocycles. The minimum absolute atomic E-state index is 0.0521. The summed E-state index contributed by atoms with van der Waals surface area (Å²) in [4.78, 5) is 6.46. The van der Waals surface area contributed by atoms with Crippen LogP contribution in [0.3, 0.4) is 0 Å². The van der Waals surface area contributed by atoms with E-state index in [4.69, 9.17) is 4.74 Å². The van der Waals surface area contributed by atoms with Gasteiger partial charge in [-0.15, -0.1) is 0 Å². The van der Waals surface area contributed by atoms with Crippen molar-refractivity contribution in [3.05, 3.63) is 30.1 Å². The SMILES string of the molecule is CN(Cc1ccccn1)CC1(CO)COC1. The van der Waals surface area contributed by atoms with E-state index in [1.165, 1.54) is 0 Å². The second-order valence-corrected chi connectivity index (χ2v) is 4.64. The Bertz CT molecular complexity index is 320. The number of rotatable bonds is 5. The fourth-order valence-electron chi connectivity index (χ4n) is 2.02. The Hall–Kier alpha value is -0.970. The van der Waals surface area contributed by atoms with Crippen LogP contribution in [-0.2, 0) is 11.3 Å². The molecule has 0 radical (unpaired) electrons. The topological polar surface area (TPSA) is 45.6 Å². The van der Waals surface area contributed by atoms with E-state index in [2.05, 4.69) is 9.88 Å².